The summed E-state index contributed by atoms with van der Waals surface area (Å²) in [6, 6.07) is 0.992. The Kier molecular flexibility index (Phi) is 7.38. The molecule has 0 aromatic carbocycles. The molecule has 0 bridgehead atoms. The highest BCUT2D eigenvalue weighted by molar-refractivity contribution is 7.47. The summed E-state index contributed by atoms with van der Waals surface area (Å²) < 4.78 is 36.3. The lowest BCUT2D eigenvalue weighted by Crippen LogP contribution is -2.47. The average molecular weight is 587 g/mol. The minimum atomic E-state index is -5.06. The fraction of sp³-hybridized carbons (Fsp3) is 0.550. The van der Waals surface area contributed by atoms with Gasteiger partial charge in [0.15, 0.2) is 23.9 Å². The lowest BCUT2D eigenvalue weighted by molar-refractivity contribution is -0.0994. The molecule has 1 unspecified atom stereocenters. The van der Waals surface area contributed by atoms with Crippen molar-refractivity contribution in [2.45, 2.75) is 55.5 Å². The molecule has 2 fully saturated rings. The van der Waals surface area contributed by atoms with E-state index in [0.717, 1.165) is 23.8 Å². The van der Waals surface area contributed by atoms with E-state index in [1.54, 1.807) is 0 Å². The molecule has 5 rings (SSSR count). The van der Waals surface area contributed by atoms with E-state index in [9.17, 15) is 39.5 Å². The standard InChI is InChI=1S/C20H26N7O12P/c1-20(33)14(8(4-28)38-18(20)26-3-2-10(29)25-19(26)32)39-40(34,35)36-5-9-12(30)13(31)17(37-9)27-7-24-11-15(21)22-6-23-16(11)27/h2-3,6-9,12-14,17-18,28,30-31,33H,4-5H2,1H3,(H,34,35)(H2,21,22,23)(H,25,29,32)/t8-,9-,12-,13-,14-,17-,18-,20-/m1/s1. The maximum Gasteiger partial charge on any atom is 0.472 e. The third-order valence-corrected chi connectivity index (χ3v) is 7.62. The van der Waals surface area contributed by atoms with Gasteiger partial charge in [0, 0.05) is 12.3 Å². The first kappa shape index (κ1) is 28.4. The number of fused-ring (bicyclic) bond motifs is 1. The number of hydrogen-bond donors (Lipinski definition) is 7. The van der Waals surface area contributed by atoms with Gasteiger partial charge >= 0.3 is 13.5 Å². The van der Waals surface area contributed by atoms with E-state index in [0.29, 0.717) is 0 Å². The molecule has 0 aliphatic carbocycles. The van der Waals surface area contributed by atoms with Gasteiger partial charge in [-0.2, -0.15) is 0 Å². The quantitative estimate of drug-likeness (QED) is 0.127. The maximum atomic E-state index is 12.8. The first-order chi connectivity index (χ1) is 18.8. The SMILES string of the molecule is C[C@@]1(O)[C@H](OP(=O)(O)OC[C@H]2O[C@@H](n3cnc4c(N)ncnc43)[C@H](O)[C@@H]2O)[C@@H](CO)O[C@H]1n1ccc(=O)[nH]c1=O. The predicted molar refractivity (Wildman–Crippen MR) is 129 cm³/mol. The molecule has 2 saturated heterocycles. The molecule has 3 aromatic heterocycles. The van der Waals surface area contributed by atoms with Gasteiger partial charge in [-0.15, -0.1) is 0 Å². The summed E-state index contributed by atoms with van der Waals surface area (Å²) in [5.41, 5.74) is 2.36. The number of nitrogens with one attached hydrogen (secondary N) is 1. The fourth-order valence-electron chi connectivity index (χ4n) is 4.66. The molecule has 218 valence electrons. The zero-order valence-electron chi connectivity index (χ0n) is 20.6. The lowest BCUT2D eigenvalue weighted by atomic mass is 9.96. The monoisotopic (exact) mass is 587 g/mol. The summed E-state index contributed by atoms with van der Waals surface area (Å²) in [6.07, 6.45) is -6.81. The molecule has 5 heterocycles. The van der Waals surface area contributed by atoms with Gasteiger partial charge in [0.25, 0.3) is 5.56 Å². The van der Waals surface area contributed by atoms with Gasteiger partial charge in [-0.05, 0) is 6.92 Å². The van der Waals surface area contributed by atoms with E-state index < -0.39 is 80.9 Å². The Hall–Kier alpha value is -3.10. The third-order valence-electron chi connectivity index (χ3n) is 6.65. The Bertz CT molecular complexity index is 1560. The summed E-state index contributed by atoms with van der Waals surface area (Å²) in [5.74, 6) is 0.0793. The van der Waals surface area contributed by atoms with Gasteiger partial charge in [0.2, 0.25) is 0 Å². The Balaban J connectivity index is 1.29. The molecule has 0 radical (unpaired) electrons. The summed E-state index contributed by atoms with van der Waals surface area (Å²) in [4.78, 5) is 47.9. The van der Waals surface area contributed by atoms with Crippen LogP contribution in [-0.4, -0.2) is 104 Å². The van der Waals surface area contributed by atoms with Crippen LogP contribution in [-0.2, 0) is 23.1 Å². The highest BCUT2D eigenvalue weighted by Crippen LogP contribution is 2.51. The molecule has 40 heavy (non-hydrogen) atoms. The zero-order chi connectivity index (χ0) is 29.0. The van der Waals surface area contributed by atoms with E-state index in [-0.39, 0.29) is 17.0 Å². The number of nitrogens with two attached hydrogens (primary N) is 1. The first-order valence-electron chi connectivity index (χ1n) is 11.7. The fourth-order valence-corrected chi connectivity index (χ4v) is 5.69. The second-order valence-corrected chi connectivity index (χ2v) is 10.8. The van der Waals surface area contributed by atoms with Crippen LogP contribution in [0.1, 0.15) is 19.4 Å². The Morgan fingerprint density at radius 3 is 2.62 bits per heavy atom. The molecule has 9 atom stereocenters. The minimum Gasteiger partial charge on any atom is -0.394 e. The van der Waals surface area contributed by atoms with Crippen LogP contribution in [0.3, 0.4) is 0 Å². The number of aliphatic hydroxyl groups excluding tert-OH is 3. The van der Waals surface area contributed by atoms with Crippen molar-refractivity contribution in [1.82, 2.24) is 29.1 Å². The highest BCUT2D eigenvalue weighted by atomic mass is 31.2. The number of phosphoric ester groups is 1. The molecule has 19 nitrogen and oxygen atoms in total. The molecular weight excluding hydrogens is 561 g/mol. The van der Waals surface area contributed by atoms with Crippen LogP contribution >= 0.6 is 7.82 Å². The Morgan fingerprint density at radius 1 is 1.18 bits per heavy atom. The Morgan fingerprint density at radius 2 is 1.93 bits per heavy atom. The number of H-pyrrole nitrogens is 1. The molecule has 0 amide bonds. The van der Waals surface area contributed by atoms with Crippen molar-refractivity contribution in [3.63, 3.8) is 0 Å². The number of aromatic nitrogens is 6. The van der Waals surface area contributed by atoms with E-state index >= 15 is 0 Å². The van der Waals surface area contributed by atoms with Crippen molar-refractivity contribution in [3.05, 3.63) is 45.8 Å². The van der Waals surface area contributed by atoms with Crippen LogP contribution in [0.15, 0.2) is 34.5 Å². The van der Waals surface area contributed by atoms with E-state index in [4.69, 9.17) is 24.3 Å². The van der Waals surface area contributed by atoms with Crippen LogP contribution in [0.25, 0.3) is 11.2 Å². The number of phosphoric acid groups is 1. The normalized spacial score (nSPS) is 33.9. The van der Waals surface area contributed by atoms with Crippen LogP contribution in [0.4, 0.5) is 5.82 Å². The molecule has 8 N–H and O–H groups in total. The smallest absolute Gasteiger partial charge is 0.394 e. The summed E-state index contributed by atoms with van der Waals surface area (Å²) in [6.45, 7) is -0.415. The average Bonchev–Trinajstić information content (AvgIpc) is 3.52. The van der Waals surface area contributed by atoms with E-state index in [1.165, 1.54) is 17.2 Å². The first-order valence-corrected chi connectivity index (χ1v) is 13.2. The van der Waals surface area contributed by atoms with Gasteiger partial charge in [-0.25, -0.2) is 24.3 Å². The number of nitrogen functional groups attached to an aromatic ring is 1. The zero-order valence-corrected chi connectivity index (χ0v) is 21.5. The molecule has 3 aromatic rings. The highest BCUT2D eigenvalue weighted by Gasteiger charge is 2.57. The number of rotatable bonds is 8. The summed E-state index contributed by atoms with van der Waals surface area (Å²) >= 11 is 0. The van der Waals surface area contributed by atoms with Gasteiger partial charge in [0.1, 0.15) is 48.0 Å². The van der Waals surface area contributed by atoms with Gasteiger partial charge in [-0.1, -0.05) is 0 Å². The third kappa shape index (κ3) is 4.96. The number of hydrogen-bond acceptors (Lipinski definition) is 15. The van der Waals surface area contributed by atoms with Crippen molar-refractivity contribution in [2.75, 3.05) is 18.9 Å². The number of aliphatic hydroxyl groups is 4. The second-order valence-electron chi connectivity index (χ2n) is 9.37. The molecule has 0 saturated carbocycles. The molecule has 2 aliphatic heterocycles. The van der Waals surface area contributed by atoms with E-state index in [1.807, 2.05) is 4.98 Å². The number of ether oxygens (including phenoxy) is 2. The largest absolute Gasteiger partial charge is 0.472 e. The topological polar surface area (TPSA) is 280 Å². The number of anilines is 1. The van der Waals surface area contributed by atoms with Gasteiger partial charge in [0.05, 0.1) is 19.5 Å². The maximum absolute atomic E-state index is 12.8. The van der Waals surface area contributed by atoms with Crippen LogP contribution in [0.5, 0.6) is 0 Å². The molecule has 0 spiro atoms. The molecular formula is C20H26N7O12P. The second kappa shape index (κ2) is 10.4. The van der Waals surface area contributed by atoms with Gasteiger partial charge in [-0.3, -0.25) is 28.0 Å². The van der Waals surface area contributed by atoms with Gasteiger partial charge < -0.3 is 40.5 Å². The van der Waals surface area contributed by atoms with Crippen molar-refractivity contribution in [1.29, 1.82) is 0 Å². The van der Waals surface area contributed by atoms with Crippen molar-refractivity contribution >= 4 is 24.8 Å². The van der Waals surface area contributed by atoms with Crippen molar-refractivity contribution < 1.29 is 48.4 Å². The van der Waals surface area contributed by atoms with Crippen molar-refractivity contribution in [3.8, 4) is 0 Å². The van der Waals surface area contributed by atoms with Crippen molar-refractivity contribution in [2.24, 2.45) is 0 Å². The van der Waals surface area contributed by atoms with Crippen LogP contribution in [0, 0.1) is 0 Å². The number of nitrogens with zero attached hydrogens (tertiary/aromatic N) is 5. The Labute approximate surface area is 223 Å². The van der Waals surface area contributed by atoms with E-state index in [2.05, 4.69) is 15.0 Å². The van der Waals surface area contributed by atoms with Crippen LogP contribution in [0.2, 0.25) is 0 Å². The summed E-state index contributed by atoms with van der Waals surface area (Å²) in [5, 5.41) is 41.9. The number of aromatic amines is 1. The number of imidazole rings is 1. The van der Waals surface area contributed by atoms with Crippen LogP contribution < -0.4 is 17.0 Å². The molecule has 20 heteroatoms. The minimum absolute atomic E-state index is 0.0793. The molecule has 2 aliphatic rings. The lowest BCUT2D eigenvalue weighted by Gasteiger charge is -2.31. The predicted octanol–water partition coefficient (Wildman–Crippen LogP) is -3.28. The summed E-state index contributed by atoms with van der Waals surface area (Å²) in [7, 11) is -5.06.